The van der Waals surface area contributed by atoms with Crippen LogP contribution in [0, 0.1) is 0 Å². The fourth-order valence-corrected chi connectivity index (χ4v) is 3.48. The number of aryl methyl sites for hydroxylation is 1. The summed E-state index contributed by atoms with van der Waals surface area (Å²) >= 11 is 7.53. The summed E-state index contributed by atoms with van der Waals surface area (Å²) in [6.45, 7) is 0. The Balaban J connectivity index is 1.70. The predicted octanol–water partition coefficient (Wildman–Crippen LogP) is 4.20. The number of thioether (sulfide) groups is 1. The Kier molecular flexibility index (Phi) is 4.50. The van der Waals surface area contributed by atoms with E-state index in [0.29, 0.717) is 29.2 Å². The van der Waals surface area contributed by atoms with E-state index in [1.807, 2.05) is 30.3 Å². The summed E-state index contributed by atoms with van der Waals surface area (Å²) in [6, 6.07) is 12.9. The second-order valence-corrected chi connectivity index (χ2v) is 6.49. The summed E-state index contributed by atoms with van der Waals surface area (Å²) in [7, 11) is 0. The van der Waals surface area contributed by atoms with Crippen molar-refractivity contribution in [2.45, 2.75) is 17.7 Å². The van der Waals surface area contributed by atoms with Gasteiger partial charge in [-0.15, -0.1) is 11.8 Å². The number of fused-ring (bicyclic) bond motifs is 1. The zero-order valence-corrected chi connectivity index (χ0v) is 13.3. The molecule has 2 aromatic rings. The minimum atomic E-state index is 0.0286. The summed E-state index contributed by atoms with van der Waals surface area (Å²) in [5.74, 6) is 0.431. The number of anilines is 1. The van der Waals surface area contributed by atoms with Crippen molar-refractivity contribution in [3.63, 3.8) is 0 Å². The van der Waals surface area contributed by atoms with Crippen molar-refractivity contribution in [3.8, 4) is 0 Å². The normalized spacial score (nSPS) is 13.4. The van der Waals surface area contributed by atoms with Gasteiger partial charge in [-0.25, -0.2) is 0 Å². The number of benzene rings is 2. The number of carbonyl (C=O) groups excluding carboxylic acids is 2. The number of rotatable bonds is 4. The van der Waals surface area contributed by atoms with Crippen molar-refractivity contribution in [2.24, 2.45) is 0 Å². The van der Waals surface area contributed by atoms with Crippen molar-refractivity contribution in [1.82, 2.24) is 0 Å². The lowest BCUT2D eigenvalue weighted by molar-refractivity contribution is -0.116. The maximum Gasteiger partial charge on any atom is 0.224 e. The molecule has 0 radical (unpaired) electrons. The fraction of sp³-hybridized carbons (Fsp3) is 0.176. The quantitative estimate of drug-likeness (QED) is 0.674. The van der Waals surface area contributed by atoms with Crippen LogP contribution in [0.3, 0.4) is 0 Å². The SMILES string of the molecule is O=C1CCc2cc(C(=O)CSc3ccccc3Cl)ccc2N1. The number of amides is 1. The molecule has 0 aromatic heterocycles. The minimum Gasteiger partial charge on any atom is -0.326 e. The molecule has 0 saturated heterocycles. The molecule has 0 unspecified atom stereocenters. The number of halogens is 1. The van der Waals surface area contributed by atoms with Crippen LogP contribution in [0.4, 0.5) is 5.69 Å². The van der Waals surface area contributed by atoms with Gasteiger partial charge in [0.1, 0.15) is 0 Å². The van der Waals surface area contributed by atoms with Crippen molar-refractivity contribution < 1.29 is 9.59 Å². The summed E-state index contributed by atoms with van der Waals surface area (Å²) in [5, 5.41) is 3.48. The van der Waals surface area contributed by atoms with E-state index in [9.17, 15) is 9.59 Å². The Hall–Kier alpha value is -1.78. The van der Waals surface area contributed by atoms with Gasteiger partial charge < -0.3 is 5.32 Å². The molecule has 0 bridgehead atoms. The van der Waals surface area contributed by atoms with Gasteiger partial charge in [0.05, 0.1) is 10.8 Å². The first-order valence-corrected chi connectivity index (χ1v) is 8.33. The van der Waals surface area contributed by atoms with Crippen LogP contribution in [0.5, 0.6) is 0 Å². The highest BCUT2D eigenvalue weighted by atomic mass is 35.5. The van der Waals surface area contributed by atoms with Crippen LogP contribution < -0.4 is 5.32 Å². The lowest BCUT2D eigenvalue weighted by Gasteiger charge is -2.17. The molecule has 1 aliphatic rings. The molecule has 0 aliphatic carbocycles. The molecule has 1 aliphatic heterocycles. The highest BCUT2D eigenvalue weighted by Gasteiger charge is 2.16. The van der Waals surface area contributed by atoms with Crippen molar-refractivity contribution in [2.75, 3.05) is 11.1 Å². The van der Waals surface area contributed by atoms with E-state index in [4.69, 9.17) is 11.6 Å². The summed E-state index contributed by atoms with van der Waals surface area (Å²) in [6.07, 6.45) is 1.15. The van der Waals surface area contributed by atoms with Crippen LogP contribution in [0.2, 0.25) is 5.02 Å². The lowest BCUT2D eigenvalue weighted by Crippen LogP contribution is -2.19. The van der Waals surface area contributed by atoms with Gasteiger partial charge in [-0.1, -0.05) is 23.7 Å². The van der Waals surface area contributed by atoms with Gasteiger partial charge in [0.2, 0.25) is 5.91 Å². The molecule has 0 atom stereocenters. The van der Waals surface area contributed by atoms with Crippen LogP contribution in [-0.4, -0.2) is 17.4 Å². The van der Waals surface area contributed by atoms with Crippen LogP contribution in [0.25, 0.3) is 0 Å². The van der Waals surface area contributed by atoms with Crippen LogP contribution in [-0.2, 0) is 11.2 Å². The number of carbonyl (C=O) groups is 2. The Morgan fingerprint density at radius 1 is 1.18 bits per heavy atom. The standard InChI is InChI=1S/C17H14ClNO2S/c18-13-3-1-2-4-16(13)22-10-15(20)12-5-7-14-11(9-12)6-8-17(21)19-14/h1-5,7,9H,6,8,10H2,(H,19,21). The molecule has 2 aromatic carbocycles. The summed E-state index contributed by atoms with van der Waals surface area (Å²) < 4.78 is 0. The zero-order chi connectivity index (χ0) is 15.5. The third-order valence-corrected chi connectivity index (χ3v) is 5.03. The highest BCUT2D eigenvalue weighted by molar-refractivity contribution is 8.00. The van der Waals surface area contributed by atoms with Crippen molar-refractivity contribution in [1.29, 1.82) is 0 Å². The van der Waals surface area contributed by atoms with E-state index in [1.165, 1.54) is 11.8 Å². The third-order valence-electron chi connectivity index (χ3n) is 3.52. The minimum absolute atomic E-state index is 0.0286. The van der Waals surface area contributed by atoms with Gasteiger partial charge in [-0.3, -0.25) is 9.59 Å². The summed E-state index contributed by atoms with van der Waals surface area (Å²) in [5.41, 5.74) is 2.51. The molecular formula is C17H14ClNO2S. The van der Waals surface area contributed by atoms with E-state index in [0.717, 1.165) is 16.1 Å². The van der Waals surface area contributed by atoms with Crippen LogP contribution >= 0.6 is 23.4 Å². The molecule has 1 N–H and O–H groups in total. The molecule has 0 spiro atoms. The molecule has 1 amide bonds. The largest absolute Gasteiger partial charge is 0.326 e. The molecule has 112 valence electrons. The Morgan fingerprint density at radius 2 is 2.00 bits per heavy atom. The monoisotopic (exact) mass is 331 g/mol. The summed E-state index contributed by atoms with van der Waals surface area (Å²) in [4.78, 5) is 24.6. The maximum atomic E-state index is 12.3. The maximum absolute atomic E-state index is 12.3. The highest BCUT2D eigenvalue weighted by Crippen LogP contribution is 2.28. The lowest BCUT2D eigenvalue weighted by atomic mass is 9.99. The Labute approximate surface area is 138 Å². The van der Waals surface area contributed by atoms with Crippen LogP contribution in [0.15, 0.2) is 47.4 Å². The van der Waals surface area contributed by atoms with Crippen LogP contribution in [0.1, 0.15) is 22.3 Å². The molecule has 22 heavy (non-hydrogen) atoms. The second-order valence-electron chi connectivity index (χ2n) is 5.06. The van der Waals surface area contributed by atoms with Gasteiger partial charge >= 0.3 is 0 Å². The van der Waals surface area contributed by atoms with Crippen molar-refractivity contribution >= 4 is 40.7 Å². The predicted molar refractivity (Wildman–Crippen MR) is 89.9 cm³/mol. The average Bonchev–Trinajstić information content (AvgIpc) is 2.53. The van der Waals surface area contributed by atoms with E-state index >= 15 is 0 Å². The molecular weight excluding hydrogens is 318 g/mol. The van der Waals surface area contributed by atoms with Gasteiger partial charge in [0.15, 0.2) is 5.78 Å². The van der Waals surface area contributed by atoms with Gasteiger partial charge in [0, 0.05) is 22.6 Å². The second kappa shape index (κ2) is 6.55. The van der Waals surface area contributed by atoms with E-state index < -0.39 is 0 Å². The first-order valence-electron chi connectivity index (χ1n) is 6.97. The first kappa shape index (κ1) is 15.1. The van der Waals surface area contributed by atoms with E-state index in [2.05, 4.69) is 5.32 Å². The number of hydrogen-bond donors (Lipinski definition) is 1. The average molecular weight is 332 g/mol. The molecule has 1 heterocycles. The van der Waals surface area contributed by atoms with Gasteiger partial charge in [-0.2, -0.15) is 0 Å². The first-order chi connectivity index (χ1) is 10.6. The molecule has 3 nitrogen and oxygen atoms in total. The van der Waals surface area contributed by atoms with Crippen molar-refractivity contribution in [3.05, 3.63) is 58.6 Å². The van der Waals surface area contributed by atoms with Gasteiger partial charge in [-0.05, 0) is 42.3 Å². The fourth-order valence-electron chi connectivity index (χ4n) is 2.35. The molecule has 5 heteroatoms. The third kappa shape index (κ3) is 3.34. The molecule has 0 saturated carbocycles. The Morgan fingerprint density at radius 3 is 2.82 bits per heavy atom. The van der Waals surface area contributed by atoms with Gasteiger partial charge in [0.25, 0.3) is 0 Å². The zero-order valence-electron chi connectivity index (χ0n) is 11.8. The van der Waals surface area contributed by atoms with E-state index in [1.54, 1.807) is 12.1 Å². The molecule has 0 fully saturated rings. The van der Waals surface area contributed by atoms with E-state index in [-0.39, 0.29) is 11.7 Å². The number of Topliss-reactive ketones (excluding diaryl/α,β-unsaturated/α-hetero) is 1. The Bertz CT molecular complexity index is 745. The molecule has 3 rings (SSSR count). The smallest absolute Gasteiger partial charge is 0.224 e. The number of ketones is 1. The number of nitrogens with one attached hydrogen (secondary N) is 1. The topological polar surface area (TPSA) is 46.2 Å². The number of hydrogen-bond acceptors (Lipinski definition) is 3.